The van der Waals surface area contributed by atoms with Crippen molar-refractivity contribution in [1.29, 1.82) is 0 Å². The van der Waals surface area contributed by atoms with E-state index in [0.29, 0.717) is 6.04 Å². The summed E-state index contributed by atoms with van der Waals surface area (Å²) in [6.07, 6.45) is 6.61. The molecule has 1 aliphatic rings. The lowest BCUT2D eigenvalue weighted by Gasteiger charge is -2.18. The number of anilines is 1. The minimum atomic E-state index is -0.554. The fraction of sp³-hybridized carbons (Fsp3) is 0.417. The van der Waals surface area contributed by atoms with Gasteiger partial charge in [0.2, 0.25) is 0 Å². The minimum Gasteiger partial charge on any atom is -0.383 e. The van der Waals surface area contributed by atoms with E-state index in [1.807, 2.05) is 12.1 Å². The number of aryl methyl sites for hydroxylation is 3. The molecule has 4 heteroatoms. The predicted octanol–water partition coefficient (Wildman–Crippen LogP) is 6.37. The molecule has 0 bridgehead atoms. The second-order valence-corrected chi connectivity index (χ2v) is 8.40. The van der Waals surface area contributed by atoms with Crippen LogP contribution in [0.25, 0.3) is 6.08 Å². The van der Waals surface area contributed by atoms with E-state index in [-0.39, 0.29) is 5.82 Å². The number of benzene rings is 2. The van der Waals surface area contributed by atoms with Gasteiger partial charge in [0.1, 0.15) is 11.3 Å². The predicted molar refractivity (Wildman–Crippen MR) is 118 cm³/mol. The number of hydrogen-bond donors (Lipinski definition) is 2. The highest BCUT2D eigenvalue weighted by Crippen LogP contribution is 2.30. The molecule has 0 spiro atoms. The molecule has 0 saturated carbocycles. The Morgan fingerprint density at radius 1 is 1.11 bits per heavy atom. The van der Waals surface area contributed by atoms with Crippen molar-refractivity contribution in [2.45, 2.75) is 64.4 Å². The molecule has 150 valence electrons. The van der Waals surface area contributed by atoms with Gasteiger partial charge in [-0.1, -0.05) is 36.8 Å². The highest BCUT2D eigenvalue weighted by Gasteiger charge is 2.15. The number of nitrogens with two attached hydrogens (primary N) is 1. The van der Waals surface area contributed by atoms with E-state index >= 15 is 0 Å². The topological polar surface area (TPSA) is 38.0 Å². The molecule has 3 N–H and O–H groups in total. The van der Waals surface area contributed by atoms with Gasteiger partial charge in [0, 0.05) is 22.9 Å². The van der Waals surface area contributed by atoms with Crippen LogP contribution in [-0.4, -0.2) is 6.04 Å². The molecular formula is C24H30ClFN2. The minimum absolute atomic E-state index is 0.0990. The van der Waals surface area contributed by atoms with Gasteiger partial charge in [0.05, 0.1) is 0 Å². The summed E-state index contributed by atoms with van der Waals surface area (Å²) >= 11 is 6.19. The molecule has 28 heavy (non-hydrogen) atoms. The summed E-state index contributed by atoms with van der Waals surface area (Å²) in [5, 5.41) is 3.39. The Morgan fingerprint density at radius 3 is 2.54 bits per heavy atom. The average Bonchev–Trinajstić information content (AvgIpc) is 2.66. The first kappa shape index (κ1) is 20.9. The Labute approximate surface area is 173 Å². The number of alkyl halides is 1. The van der Waals surface area contributed by atoms with Crippen molar-refractivity contribution in [1.82, 2.24) is 0 Å². The Balaban J connectivity index is 1.77. The fourth-order valence-corrected chi connectivity index (χ4v) is 4.01. The quantitative estimate of drug-likeness (QED) is 0.418. The maximum atomic E-state index is 14.6. The molecule has 0 aromatic heterocycles. The van der Waals surface area contributed by atoms with Gasteiger partial charge in [-0.25, -0.2) is 4.39 Å². The SMILES string of the molecule is CCC1=Cc2c(F)cc(CCc3ccc(NC(C)C)c(C(N)Cl)c3)cc2CC1. The fourth-order valence-electron chi connectivity index (χ4n) is 3.83. The molecule has 1 aliphatic carbocycles. The van der Waals surface area contributed by atoms with Crippen LogP contribution in [0.3, 0.4) is 0 Å². The van der Waals surface area contributed by atoms with Gasteiger partial charge in [-0.2, -0.15) is 0 Å². The van der Waals surface area contributed by atoms with Crippen LogP contribution in [0, 0.1) is 5.82 Å². The van der Waals surface area contributed by atoms with E-state index in [2.05, 4.69) is 44.3 Å². The highest BCUT2D eigenvalue weighted by molar-refractivity contribution is 6.20. The van der Waals surface area contributed by atoms with Gasteiger partial charge in [-0.15, -0.1) is 11.6 Å². The van der Waals surface area contributed by atoms with Gasteiger partial charge in [0.15, 0.2) is 0 Å². The maximum Gasteiger partial charge on any atom is 0.130 e. The molecule has 2 nitrogen and oxygen atoms in total. The Hall–Kier alpha value is -1.84. The van der Waals surface area contributed by atoms with Crippen LogP contribution in [0.15, 0.2) is 35.9 Å². The Bertz CT molecular complexity index is 871. The lowest BCUT2D eigenvalue weighted by atomic mass is 9.88. The van der Waals surface area contributed by atoms with Crippen molar-refractivity contribution in [3.8, 4) is 0 Å². The third-order valence-corrected chi connectivity index (χ3v) is 5.59. The summed E-state index contributed by atoms with van der Waals surface area (Å²) in [5.41, 5.74) is 12.7. The van der Waals surface area contributed by atoms with Crippen LogP contribution in [0.1, 0.15) is 66.9 Å². The third-order valence-electron chi connectivity index (χ3n) is 5.35. The normalized spacial score (nSPS) is 14.6. The van der Waals surface area contributed by atoms with Crippen LogP contribution >= 0.6 is 11.6 Å². The van der Waals surface area contributed by atoms with Crippen LogP contribution in [-0.2, 0) is 19.3 Å². The van der Waals surface area contributed by atoms with Gasteiger partial charge < -0.3 is 11.1 Å². The van der Waals surface area contributed by atoms with E-state index in [1.54, 1.807) is 6.07 Å². The second kappa shape index (κ2) is 9.11. The number of fused-ring (bicyclic) bond motifs is 1. The number of allylic oxidation sites excluding steroid dienone is 1. The zero-order valence-electron chi connectivity index (χ0n) is 17.0. The van der Waals surface area contributed by atoms with Crippen molar-refractivity contribution in [3.05, 3.63) is 69.5 Å². The lowest BCUT2D eigenvalue weighted by Crippen LogP contribution is -2.14. The van der Waals surface area contributed by atoms with E-state index < -0.39 is 5.50 Å². The molecular weight excluding hydrogens is 371 g/mol. The standard InChI is InChI=1S/C24H30ClFN2/c1-4-16-7-9-19-11-18(14-22(26)20(19)12-16)6-5-17-8-10-23(28-15(2)3)21(13-17)24(25)27/h8,10-15,24,28H,4-7,9,27H2,1-3H3. The zero-order valence-corrected chi connectivity index (χ0v) is 17.7. The molecule has 0 amide bonds. The number of nitrogens with one attached hydrogen (secondary N) is 1. The Kier molecular flexibility index (Phi) is 6.79. The van der Waals surface area contributed by atoms with Crippen molar-refractivity contribution in [3.63, 3.8) is 0 Å². The van der Waals surface area contributed by atoms with E-state index in [0.717, 1.165) is 65.6 Å². The van der Waals surface area contributed by atoms with Crippen LogP contribution in [0.4, 0.5) is 10.1 Å². The summed E-state index contributed by atoms with van der Waals surface area (Å²) in [6, 6.07) is 10.4. The molecule has 2 aromatic carbocycles. The third kappa shape index (κ3) is 4.95. The van der Waals surface area contributed by atoms with Crippen LogP contribution in [0.2, 0.25) is 0 Å². The molecule has 1 unspecified atom stereocenters. The smallest absolute Gasteiger partial charge is 0.130 e. The highest BCUT2D eigenvalue weighted by atomic mass is 35.5. The van der Waals surface area contributed by atoms with Gasteiger partial charge in [-0.3, -0.25) is 0 Å². The first-order chi connectivity index (χ1) is 13.4. The van der Waals surface area contributed by atoms with Crippen LogP contribution < -0.4 is 11.1 Å². The molecule has 0 saturated heterocycles. The number of hydrogen-bond acceptors (Lipinski definition) is 2. The summed E-state index contributed by atoms with van der Waals surface area (Å²) < 4.78 is 14.6. The number of halogens is 2. The van der Waals surface area contributed by atoms with Gasteiger partial charge in [-0.05, 0) is 74.8 Å². The number of rotatable bonds is 7. The lowest BCUT2D eigenvalue weighted by molar-refractivity contribution is 0.617. The second-order valence-electron chi connectivity index (χ2n) is 7.93. The van der Waals surface area contributed by atoms with Crippen molar-refractivity contribution >= 4 is 23.4 Å². The molecule has 1 atom stereocenters. The summed E-state index contributed by atoms with van der Waals surface area (Å²) in [6.45, 7) is 6.30. The first-order valence-electron chi connectivity index (χ1n) is 10.2. The largest absolute Gasteiger partial charge is 0.383 e. The molecule has 0 aliphatic heterocycles. The first-order valence-corrected chi connectivity index (χ1v) is 10.6. The summed E-state index contributed by atoms with van der Waals surface area (Å²) in [5.74, 6) is -0.0990. The van der Waals surface area contributed by atoms with E-state index in [1.165, 1.54) is 5.57 Å². The summed E-state index contributed by atoms with van der Waals surface area (Å²) in [7, 11) is 0. The van der Waals surface area contributed by atoms with Gasteiger partial charge >= 0.3 is 0 Å². The molecule has 3 rings (SSSR count). The molecule has 0 fully saturated rings. The average molecular weight is 401 g/mol. The van der Waals surface area contributed by atoms with E-state index in [9.17, 15) is 4.39 Å². The van der Waals surface area contributed by atoms with Gasteiger partial charge in [0.25, 0.3) is 0 Å². The molecule has 0 radical (unpaired) electrons. The maximum absolute atomic E-state index is 14.6. The summed E-state index contributed by atoms with van der Waals surface area (Å²) in [4.78, 5) is 0. The van der Waals surface area contributed by atoms with Crippen LogP contribution in [0.5, 0.6) is 0 Å². The van der Waals surface area contributed by atoms with Crippen molar-refractivity contribution in [2.24, 2.45) is 5.73 Å². The molecule has 0 heterocycles. The zero-order chi connectivity index (χ0) is 20.3. The Morgan fingerprint density at radius 2 is 1.86 bits per heavy atom. The monoisotopic (exact) mass is 400 g/mol. The van der Waals surface area contributed by atoms with E-state index in [4.69, 9.17) is 17.3 Å². The molecule has 2 aromatic rings. The van der Waals surface area contributed by atoms with Crippen molar-refractivity contribution < 1.29 is 4.39 Å². The van der Waals surface area contributed by atoms with Crippen molar-refractivity contribution in [2.75, 3.05) is 5.32 Å².